The number of hydrogen-bond acceptors (Lipinski definition) is 7. The summed E-state index contributed by atoms with van der Waals surface area (Å²) < 4.78 is 9.70. The molecule has 0 aromatic rings. The van der Waals surface area contributed by atoms with Crippen molar-refractivity contribution in [2.45, 2.75) is 63.8 Å². The Balaban J connectivity index is 2.35. The Hall–Kier alpha value is -0.730. The van der Waals surface area contributed by atoms with Crippen molar-refractivity contribution in [1.82, 2.24) is 0 Å². The fourth-order valence-corrected chi connectivity index (χ4v) is 1.97. The number of esters is 1. The minimum Gasteiger partial charge on any atom is -0.464 e. The van der Waals surface area contributed by atoms with E-state index >= 15 is 0 Å². The van der Waals surface area contributed by atoms with E-state index in [0.29, 0.717) is 12.3 Å². The van der Waals surface area contributed by atoms with Crippen molar-refractivity contribution in [3.8, 4) is 0 Å². The molecule has 1 aliphatic rings. The molecule has 0 bridgehead atoms. The molecule has 0 aliphatic carbocycles. The SMILES string of the molecule is CC(C)CCCCOC(=O)C1OC(O)C(O)C(O)C1O. The van der Waals surface area contributed by atoms with E-state index in [1.165, 1.54) is 0 Å². The fraction of sp³-hybridized carbons (Fsp3) is 0.923. The van der Waals surface area contributed by atoms with Gasteiger partial charge in [0.15, 0.2) is 12.4 Å². The van der Waals surface area contributed by atoms with Gasteiger partial charge in [-0.1, -0.05) is 20.3 Å². The van der Waals surface area contributed by atoms with Crippen LogP contribution in [-0.4, -0.2) is 63.7 Å². The Morgan fingerprint density at radius 3 is 2.35 bits per heavy atom. The minimum absolute atomic E-state index is 0.187. The van der Waals surface area contributed by atoms with Gasteiger partial charge in [-0.3, -0.25) is 0 Å². The van der Waals surface area contributed by atoms with Gasteiger partial charge >= 0.3 is 5.97 Å². The van der Waals surface area contributed by atoms with Gasteiger partial charge in [0.2, 0.25) is 0 Å². The molecule has 5 atom stereocenters. The van der Waals surface area contributed by atoms with E-state index in [-0.39, 0.29) is 6.61 Å². The maximum Gasteiger partial charge on any atom is 0.338 e. The molecule has 1 saturated heterocycles. The molecule has 118 valence electrons. The summed E-state index contributed by atoms with van der Waals surface area (Å²) in [5.74, 6) is -0.270. The van der Waals surface area contributed by atoms with Crippen LogP contribution in [0.15, 0.2) is 0 Å². The van der Waals surface area contributed by atoms with Crippen molar-refractivity contribution in [3.05, 3.63) is 0 Å². The van der Waals surface area contributed by atoms with Crippen LogP contribution in [0.5, 0.6) is 0 Å². The van der Waals surface area contributed by atoms with Crippen molar-refractivity contribution in [2.75, 3.05) is 6.61 Å². The highest BCUT2D eigenvalue weighted by molar-refractivity contribution is 5.75. The second-order valence-corrected chi connectivity index (χ2v) is 5.48. The lowest BCUT2D eigenvalue weighted by molar-refractivity contribution is -0.281. The Kier molecular flexibility index (Phi) is 6.84. The van der Waals surface area contributed by atoms with Crippen LogP contribution in [0.2, 0.25) is 0 Å². The number of carbonyl (C=O) groups excluding carboxylic acids is 1. The van der Waals surface area contributed by atoms with Gasteiger partial charge in [0.25, 0.3) is 0 Å². The van der Waals surface area contributed by atoms with E-state index in [1.54, 1.807) is 0 Å². The second kappa shape index (κ2) is 7.90. The summed E-state index contributed by atoms with van der Waals surface area (Å²) in [6.45, 7) is 4.39. The van der Waals surface area contributed by atoms with Gasteiger partial charge in [-0.05, 0) is 18.8 Å². The molecule has 7 nitrogen and oxygen atoms in total. The number of rotatable bonds is 6. The Morgan fingerprint density at radius 2 is 1.75 bits per heavy atom. The first-order valence-corrected chi connectivity index (χ1v) is 6.89. The number of hydrogen-bond donors (Lipinski definition) is 4. The molecule has 5 unspecified atom stereocenters. The van der Waals surface area contributed by atoms with Gasteiger partial charge < -0.3 is 29.9 Å². The van der Waals surface area contributed by atoms with Crippen molar-refractivity contribution < 1.29 is 34.7 Å². The minimum atomic E-state index is -1.73. The standard InChI is InChI=1S/C13H24O7/c1-7(2)5-3-4-6-19-13(18)11-9(15)8(14)10(16)12(17)20-11/h7-12,14-17H,3-6H2,1-2H3. The van der Waals surface area contributed by atoms with E-state index in [1.807, 2.05) is 0 Å². The van der Waals surface area contributed by atoms with E-state index in [9.17, 15) is 25.2 Å². The number of carbonyl (C=O) groups is 1. The predicted molar refractivity (Wildman–Crippen MR) is 68.5 cm³/mol. The van der Waals surface area contributed by atoms with Crippen LogP contribution < -0.4 is 0 Å². The third-order valence-electron chi connectivity index (χ3n) is 3.24. The van der Waals surface area contributed by atoms with E-state index in [4.69, 9.17) is 9.47 Å². The van der Waals surface area contributed by atoms with Gasteiger partial charge in [0.05, 0.1) is 6.61 Å². The molecule has 0 aromatic heterocycles. The summed E-state index contributed by atoms with van der Waals surface area (Å²) in [5, 5.41) is 37.7. The van der Waals surface area contributed by atoms with Gasteiger partial charge in [-0.15, -0.1) is 0 Å². The lowest BCUT2D eigenvalue weighted by Gasteiger charge is -2.36. The van der Waals surface area contributed by atoms with Crippen LogP contribution in [0.1, 0.15) is 33.1 Å². The largest absolute Gasteiger partial charge is 0.464 e. The van der Waals surface area contributed by atoms with Crippen LogP contribution in [0.4, 0.5) is 0 Å². The molecule has 0 radical (unpaired) electrons. The number of aliphatic hydroxyl groups is 4. The summed E-state index contributed by atoms with van der Waals surface area (Å²) >= 11 is 0. The smallest absolute Gasteiger partial charge is 0.338 e. The van der Waals surface area contributed by atoms with Crippen LogP contribution in [0.25, 0.3) is 0 Å². The molecule has 7 heteroatoms. The summed E-state index contributed by atoms with van der Waals surface area (Å²) in [6, 6.07) is 0. The maximum absolute atomic E-state index is 11.7. The van der Waals surface area contributed by atoms with Crippen LogP contribution in [0, 0.1) is 5.92 Å². The van der Waals surface area contributed by atoms with Gasteiger partial charge in [0.1, 0.15) is 18.3 Å². The quantitative estimate of drug-likeness (QED) is 0.372. The third-order valence-corrected chi connectivity index (χ3v) is 3.24. The molecular formula is C13H24O7. The highest BCUT2D eigenvalue weighted by atomic mass is 16.7. The van der Waals surface area contributed by atoms with Crippen molar-refractivity contribution in [2.24, 2.45) is 5.92 Å². The monoisotopic (exact) mass is 292 g/mol. The molecule has 0 aromatic carbocycles. The van der Waals surface area contributed by atoms with Crippen LogP contribution in [-0.2, 0) is 14.3 Å². The van der Waals surface area contributed by atoms with Crippen LogP contribution >= 0.6 is 0 Å². The third kappa shape index (κ3) is 4.68. The first kappa shape index (κ1) is 17.3. The van der Waals surface area contributed by atoms with Gasteiger partial charge in [-0.2, -0.15) is 0 Å². The lowest BCUT2D eigenvalue weighted by Crippen LogP contribution is -2.59. The molecule has 1 heterocycles. The zero-order valence-electron chi connectivity index (χ0n) is 11.8. The zero-order valence-corrected chi connectivity index (χ0v) is 11.8. The zero-order chi connectivity index (χ0) is 15.3. The number of aliphatic hydroxyl groups excluding tert-OH is 4. The molecule has 0 amide bonds. The highest BCUT2D eigenvalue weighted by Gasteiger charge is 2.46. The lowest BCUT2D eigenvalue weighted by atomic mass is 9.99. The van der Waals surface area contributed by atoms with Gasteiger partial charge in [-0.25, -0.2) is 4.79 Å². The van der Waals surface area contributed by atoms with Crippen molar-refractivity contribution in [3.63, 3.8) is 0 Å². The molecule has 4 N–H and O–H groups in total. The molecular weight excluding hydrogens is 268 g/mol. The summed E-state index contributed by atoms with van der Waals surface area (Å²) in [5.41, 5.74) is 0. The topological polar surface area (TPSA) is 116 Å². The molecule has 1 fully saturated rings. The highest BCUT2D eigenvalue weighted by Crippen LogP contribution is 2.20. The number of ether oxygens (including phenoxy) is 2. The second-order valence-electron chi connectivity index (χ2n) is 5.48. The fourth-order valence-electron chi connectivity index (χ4n) is 1.97. The first-order chi connectivity index (χ1) is 9.34. The first-order valence-electron chi connectivity index (χ1n) is 6.89. The summed E-state index contributed by atoms with van der Waals surface area (Å²) in [4.78, 5) is 11.7. The molecule has 20 heavy (non-hydrogen) atoms. The molecule has 0 spiro atoms. The Morgan fingerprint density at radius 1 is 1.10 bits per heavy atom. The summed E-state index contributed by atoms with van der Waals surface area (Å²) in [7, 11) is 0. The van der Waals surface area contributed by atoms with Crippen LogP contribution in [0.3, 0.4) is 0 Å². The van der Waals surface area contributed by atoms with Crippen molar-refractivity contribution >= 4 is 5.97 Å². The van der Waals surface area contributed by atoms with Gasteiger partial charge in [0, 0.05) is 0 Å². The van der Waals surface area contributed by atoms with E-state index < -0.39 is 36.7 Å². The maximum atomic E-state index is 11.7. The Labute approximate surface area is 118 Å². The average molecular weight is 292 g/mol. The number of unbranched alkanes of at least 4 members (excludes halogenated alkanes) is 1. The predicted octanol–water partition coefficient (Wildman–Crippen LogP) is -0.844. The van der Waals surface area contributed by atoms with Crippen molar-refractivity contribution in [1.29, 1.82) is 0 Å². The average Bonchev–Trinajstić information content (AvgIpc) is 2.39. The molecule has 1 aliphatic heterocycles. The molecule has 0 saturated carbocycles. The Bertz CT molecular complexity index is 307. The van der Waals surface area contributed by atoms with E-state index in [2.05, 4.69) is 13.8 Å². The normalized spacial score (nSPS) is 34.2. The summed E-state index contributed by atoms with van der Waals surface area (Å²) in [6.07, 6.45) is -5.51. The van der Waals surface area contributed by atoms with E-state index in [0.717, 1.165) is 12.8 Å². The molecule has 1 rings (SSSR count).